The first kappa shape index (κ1) is 20.3. The number of nitriles is 3. The Hall–Kier alpha value is -1.08. The zero-order valence-corrected chi connectivity index (χ0v) is 8.71. The molecule has 0 aromatic carbocycles. The molecule has 0 radical (unpaired) electrons. The van der Waals surface area contributed by atoms with Gasteiger partial charge in [-0.3, -0.25) is 0 Å². The minimum Gasteiger partial charge on any atom is -0.745 e. The number of nitrogens with zero attached hydrogens (tertiary/aromatic N) is 3. The van der Waals surface area contributed by atoms with Gasteiger partial charge < -0.3 is 19.6 Å². The number of hydrogen-bond acceptors (Lipinski definition) is 9. The smallest absolute Gasteiger partial charge is 0.745 e. The van der Waals surface area contributed by atoms with Crippen molar-refractivity contribution in [2.45, 2.75) is 4.75 Å². The fraction of sp³-hybridized carbons (Fsp3) is 0.250. The second-order valence-electron chi connectivity index (χ2n) is 1.82. The monoisotopic (exact) mass is 239 g/mol. The van der Waals surface area contributed by atoms with E-state index in [1.54, 1.807) is 0 Å². The van der Waals surface area contributed by atoms with Crippen molar-refractivity contribution in [1.29, 1.82) is 15.8 Å². The summed E-state index contributed by atoms with van der Waals surface area (Å²) in [7, 11) is -7.38. The van der Waals surface area contributed by atoms with Gasteiger partial charge in [-0.15, -0.1) is 0 Å². The van der Waals surface area contributed by atoms with Crippen molar-refractivity contribution in [1.82, 2.24) is 0 Å². The van der Waals surface area contributed by atoms with E-state index in [1.165, 1.54) is 0 Å². The van der Waals surface area contributed by atoms with Crippen LogP contribution in [-0.4, -0.2) is 40.1 Å². The Bertz CT molecular complexity index is 391. The van der Waals surface area contributed by atoms with Crippen molar-refractivity contribution >= 4 is 17.4 Å². The van der Waals surface area contributed by atoms with Crippen LogP contribution in [0.15, 0.2) is 0 Å². The zero-order chi connectivity index (χ0) is 12.7. The zero-order valence-electron chi connectivity index (χ0n) is 7.89. The molecule has 0 atom stereocenters. The third-order valence-corrected chi connectivity index (χ3v) is 1.87. The molecule has 12 heteroatoms. The summed E-state index contributed by atoms with van der Waals surface area (Å²) in [5.41, 5.74) is 0. The standard InChI is InChI=1S/C4HN3O3S.BH3O3.Li/c5-1-4(2-6,3-7)11(8,9)10;2-1(3)4;/h(H,8,9,10);2-4H;/q;;+1/p-1. The molecule has 0 amide bonds. The molecule has 0 bridgehead atoms. The third kappa shape index (κ3) is 6.41. The molecule has 80 valence electrons. The first-order valence-electron chi connectivity index (χ1n) is 2.90. The van der Waals surface area contributed by atoms with Crippen LogP contribution in [-0.2, 0) is 10.1 Å². The Morgan fingerprint density at radius 2 is 1.25 bits per heavy atom. The van der Waals surface area contributed by atoms with Crippen LogP contribution >= 0.6 is 0 Å². The predicted molar refractivity (Wildman–Crippen MR) is 41.7 cm³/mol. The predicted octanol–water partition coefficient (Wildman–Crippen LogP) is -6.21. The fourth-order valence-electron chi connectivity index (χ4n) is 0.243. The average molecular weight is 239 g/mol. The first-order valence-corrected chi connectivity index (χ1v) is 4.31. The summed E-state index contributed by atoms with van der Waals surface area (Å²) in [5, 5.41) is 45.6. The van der Waals surface area contributed by atoms with Crippen molar-refractivity contribution in [2.24, 2.45) is 0 Å². The average Bonchev–Trinajstić information content (AvgIpc) is 2.04. The Morgan fingerprint density at radius 3 is 1.25 bits per heavy atom. The molecule has 0 aliphatic heterocycles. The molecule has 0 rings (SSSR count). The van der Waals surface area contributed by atoms with Crippen molar-refractivity contribution in [3.05, 3.63) is 0 Å². The van der Waals surface area contributed by atoms with E-state index in [4.69, 9.17) is 30.9 Å². The summed E-state index contributed by atoms with van der Waals surface area (Å²) in [6.45, 7) is 0. The Balaban J connectivity index is -0.000000292. The maximum absolute atomic E-state index is 10.1. The normalized spacial score (nSPS) is 9.06. The van der Waals surface area contributed by atoms with Crippen LogP contribution in [0.2, 0.25) is 0 Å². The van der Waals surface area contributed by atoms with E-state index in [-0.39, 0.29) is 18.9 Å². The summed E-state index contributed by atoms with van der Waals surface area (Å²) < 4.78 is 27.3. The summed E-state index contributed by atoms with van der Waals surface area (Å²) in [6, 6.07) is 2.50. The summed E-state index contributed by atoms with van der Waals surface area (Å²) >= 11 is 0. The van der Waals surface area contributed by atoms with Crippen LogP contribution in [0.4, 0.5) is 0 Å². The Labute approximate surface area is 103 Å². The minimum absolute atomic E-state index is 0. The topological polar surface area (TPSA) is 189 Å². The molecular weight excluding hydrogens is 236 g/mol. The van der Waals surface area contributed by atoms with Gasteiger partial charge in [0.15, 0.2) is 0 Å². The van der Waals surface area contributed by atoms with Crippen LogP contribution in [0.1, 0.15) is 0 Å². The summed E-state index contributed by atoms with van der Waals surface area (Å²) in [4.78, 5) is 0. The van der Waals surface area contributed by atoms with Gasteiger partial charge in [-0.25, -0.2) is 8.42 Å². The van der Waals surface area contributed by atoms with Crippen molar-refractivity contribution in [2.75, 3.05) is 0 Å². The van der Waals surface area contributed by atoms with Crippen LogP contribution in [0.3, 0.4) is 0 Å². The second kappa shape index (κ2) is 8.12. The molecule has 0 saturated carbocycles. The van der Waals surface area contributed by atoms with Gasteiger partial charge in [0.2, 0.25) is 0 Å². The Morgan fingerprint density at radius 1 is 1.06 bits per heavy atom. The van der Waals surface area contributed by atoms with Crippen molar-refractivity contribution < 1.29 is 46.9 Å². The number of rotatable bonds is 1. The van der Waals surface area contributed by atoms with E-state index in [2.05, 4.69) is 0 Å². The van der Waals surface area contributed by atoms with Gasteiger partial charge in [0.1, 0.15) is 28.3 Å². The molecule has 0 heterocycles. The van der Waals surface area contributed by atoms with Crippen LogP contribution in [0.25, 0.3) is 0 Å². The SMILES string of the molecule is N#CC(C#N)(C#N)S(=O)(=O)[O-].OB(O)O.[Li+]. The maximum Gasteiger partial charge on any atom is 1.00 e. The summed E-state index contributed by atoms with van der Waals surface area (Å²) in [6.07, 6.45) is 0. The van der Waals surface area contributed by atoms with Gasteiger partial charge in [-0.2, -0.15) is 15.8 Å². The van der Waals surface area contributed by atoms with Gasteiger partial charge in [0.25, 0.3) is 0 Å². The molecule has 3 N–H and O–H groups in total. The molecule has 0 fully saturated rings. The molecular formula is C4H3BLiN3O6S. The van der Waals surface area contributed by atoms with Gasteiger partial charge >= 0.3 is 30.9 Å². The van der Waals surface area contributed by atoms with Gasteiger partial charge in [0, 0.05) is 0 Å². The van der Waals surface area contributed by atoms with Gasteiger partial charge in [0.05, 0.1) is 0 Å². The van der Waals surface area contributed by atoms with Crippen LogP contribution in [0, 0.1) is 34.0 Å². The molecule has 0 unspecified atom stereocenters. The van der Waals surface area contributed by atoms with Crippen LogP contribution in [0.5, 0.6) is 0 Å². The molecule has 0 aliphatic carbocycles. The molecule has 0 spiro atoms. The van der Waals surface area contributed by atoms with E-state index in [0.29, 0.717) is 0 Å². The third-order valence-electron chi connectivity index (χ3n) is 0.847. The molecule has 0 aliphatic rings. The van der Waals surface area contributed by atoms with Gasteiger partial charge in [-0.1, -0.05) is 0 Å². The van der Waals surface area contributed by atoms with Gasteiger partial charge in [-0.05, 0) is 0 Å². The molecule has 0 aromatic heterocycles. The molecule has 9 nitrogen and oxygen atoms in total. The van der Waals surface area contributed by atoms with E-state index >= 15 is 0 Å². The molecule has 16 heavy (non-hydrogen) atoms. The van der Waals surface area contributed by atoms with Crippen molar-refractivity contribution in [3.8, 4) is 18.2 Å². The second-order valence-corrected chi connectivity index (χ2v) is 3.34. The number of hydrogen-bond donors (Lipinski definition) is 3. The maximum atomic E-state index is 10.1. The minimum atomic E-state index is -5.21. The first-order chi connectivity index (χ1) is 6.66. The largest absolute Gasteiger partial charge is 1.00 e. The summed E-state index contributed by atoms with van der Waals surface area (Å²) in [5.74, 6) is 0. The van der Waals surface area contributed by atoms with E-state index < -0.39 is 22.2 Å². The van der Waals surface area contributed by atoms with E-state index in [1.807, 2.05) is 0 Å². The van der Waals surface area contributed by atoms with E-state index in [9.17, 15) is 13.0 Å². The van der Waals surface area contributed by atoms with Crippen LogP contribution < -0.4 is 18.9 Å². The Kier molecular flexibility index (Phi) is 10.3. The van der Waals surface area contributed by atoms with E-state index in [0.717, 1.165) is 18.2 Å². The quantitative estimate of drug-likeness (QED) is 0.295. The van der Waals surface area contributed by atoms with Crippen molar-refractivity contribution in [3.63, 3.8) is 0 Å². The fourth-order valence-corrected chi connectivity index (χ4v) is 0.578. The molecule has 0 aromatic rings. The molecule has 0 saturated heterocycles.